The molecule has 0 fully saturated rings. The van der Waals surface area contributed by atoms with Crippen molar-refractivity contribution in [2.24, 2.45) is 5.92 Å². The van der Waals surface area contributed by atoms with Crippen LogP contribution in [0.2, 0.25) is 0 Å². The van der Waals surface area contributed by atoms with Gasteiger partial charge in [0.1, 0.15) is 0 Å². The first kappa shape index (κ1) is 14.0. The Morgan fingerprint density at radius 1 is 1.33 bits per heavy atom. The van der Waals surface area contributed by atoms with E-state index in [0.29, 0.717) is 5.92 Å². The second kappa shape index (κ2) is 10.4. The molecule has 1 rings (SSSR count). The molecule has 1 aliphatic rings. The molecule has 1 unspecified atom stereocenters. The van der Waals surface area contributed by atoms with Crippen molar-refractivity contribution in [3.8, 4) is 0 Å². The Labute approximate surface area is 76.9 Å². The molecule has 0 radical (unpaired) electrons. The first-order valence-electron chi connectivity index (χ1n) is 5.04. The zero-order valence-electron chi connectivity index (χ0n) is 9.05. The van der Waals surface area contributed by atoms with Crippen molar-refractivity contribution in [3.63, 3.8) is 0 Å². The van der Waals surface area contributed by atoms with Gasteiger partial charge in [0.05, 0.1) is 0 Å². The fraction of sp³-hybridized carbons (Fsp3) is 0.727. The molecule has 1 nitrogen and oxygen atoms in total. The van der Waals surface area contributed by atoms with Crippen LogP contribution in [-0.4, -0.2) is 5.78 Å². The topological polar surface area (TPSA) is 17.1 Å². The van der Waals surface area contributed by atoms with E-state index < -0.39 is 0 Å². The van der Waals surface area contributed by atoms with Gasteiger partial charge in [-0.25, -0.2) is 0 Å². The van der Waals surface area contributed by atoms with Crippen molar-refractivity contribution in [1.82, 2.24) is 0 Å². The number of carbonyl (C=O) groups excluding carboxylic acids is 1. The molecule has 12 heavy (non-hydrogen) atoms. The second-order valence-electron chi connectivity index (χ2n) is 2.20. The van der Waals surface area contributed by atoms with Gasteiger partial charge in [-0.3, -0.25) is 4.79 Å². The molecule has 0 aliphatic heterocycles. The van der Waals surface area contributed by atoms with Crippen LogP contribution in [0.15, 0.2) is 12.2 Å². The lowest BCUT2D eigenvalue weighted by Gasteiger charge is -1.96. The molecule has 1 atom stereocenters. The fourth-order valence-corrected chi connectivity index (χ4v) is 0.918. The van der Waals surface area contributed by atoms with Crippen molar-refractivity contribution < 1.29 is 4.79 Å². The number of allylic oxidation sites excluding steroid dienone is 2. The molecule has 0 bridgehead atoms. The van der Waals surface area contributed by atoms with Gasteiger partial charge in [-0.05, 0) is 18.4 Å². The van der Waals surface area contributed by atoms with Gasteiger partial charge in [0.25, 0.3) is 0 Å². The van der Waals surface area contributed by atoms with Crippen LogP contribution in [0.4, 0.5) is 0 Å². The number of carbonyl (C=O) groups is 1. The molecule has 0 saturated carbocycles. The molecule has 0 aromatic carbocycles. The van der Waals surface area contributed by atoms with E-state index in [1.807, 2.05) is 33.8 Å². The number of ketones is 1. The van der Waals surface area contributed by atoms with Gasteiger partial charge in [-0.15, -0.1) is 0 Å². The Bertz CT molecular complexity index is 125. The highest BCUT2D eigenvalue weighted by Crippen LogP contribution is 2.16. The molecule has 72 valence electrons. The third-order valence-corrected chi connectivity index (χ3v) is 1.54. The smallest absolute Gasteiger partial charge is 0.155 e. The Hall–Kier alpha value is -0.590. The van der Waals surface area contributed by atoms with Gasteiger partial charge in [0, 0.05) is 6.42 Å². The lowest BCUT2D eigenvalue weighted by Crippen LogP contribution is -1.92. The Morgan fingerprint density at radius 3 is 2.00 bits per heavy atom. The predicted octanol–water partition coefficient (Wildman–Crippen LogP) is 3.59. The Morgan fingerprint density at radius 2 is 1.83 bits per heavy atom. The normalized spacial score (nSPS) is 19.1. The second-order valence-corrected chi connectivity index (χ2v) is 2.20. The lowest BCUT2D eigenvalue weighted by atomic mass is 10.1. The van der Waals surface area contributed by atoms with Gasteiger partial charge >= 0.3 is 0 Å². The van der Waals surface area contributed by atoms with Crippen LogP contribution in [0.1, 0.15) is 47.5 Å². The summed E-state index contributed by atoms with van der Waals surface area (Å²) in [4.78, 5) is 10.5. The summed E-state index contributed by atoms with van der Waals surface area (Å²) < 4.78 is 0. The van der Waals surface area contributed by atoms with E-state index in [4.69, 9.17) is 0 Å². The summed E-state index contributed by atoms with van der Waals surface area (Å²) in [5.41, 5.74) is 0. The van der Waals surface area contributed by atoms with Crippen LogP contribution in [0.25, 0.3) is 0 Å². The summed E-state index contributed by atoms with van der Waals surface area (Å²) in [6, 6.07) is 0. The Balaban J connectivity index is 0. The maximum absolute atomic E-state index is 10.5. The predicted molar refractivity (Wildman–Crippen MR) is 55.2 cm³/mol. The quantitative estimate of drug-likeness (QED) is 0.587. The average molecular weight is 170 g/mol. The lowest BCUT2D eigenvalue weighted by molar-refractivity contribution is -0.114. The van der Waals surface area contributed by atoms with Crippen LogP contribution in [0, 0.1) is 5.92 Å². The van der Waals surface area contributed by atoms with Gasteiger partial charge in [-0.1, -0.05) is 40.7 Å². The van der Waals surface area contributed by atoms with E-state index in [0.717, 1.165) is 12.8 Å². The van der Waals surface area contributed by atoms with E-state index >= 15 is 0 Å². The van der Waals surface area contributed by atoms with Crippen molar-refractivity contribution >= 4 is 5.78 Å². The van der Waals surface area contributed by atoms with Crippen molar-refractivity contribution in [3.05, 3.63) is 12.2 Å². The van der Waals surface area contributed by atoms with Gasteiger partial charge in [0.15, 0.2) is 5.78 Å². The van der Waals surface area contributed by atoms with E-state index in [-0.39, 0.29) is 5.78 Å². The minimum Gasteiger partial charge on any atom is -0.295 e. The van der Waals surface area contributed by atoms with Crippen LogP contribution >= 0.6 is 0 Å². The minimum atomic E-state index is 0.289. The fourth-order valence-electron chi connectivity index (χ4n) is 0.918. The molecule has 0 aromatic heterocycles. The van der Waals surface area contributed by atoms with Crippen LogP contribution in [-0.2, 0) is 4.79 Å². The molecule has 0 aromatic rings. The summed E-state index contributed by atoms with van der Waals surface area (Å²) in [7, 11) is 0. The molecular weight excluding hydrogens is 148 g/mol. The van der Waals surface area contributed by atoms with E-state index in [9.17, 15) is 4.79 Å². The summed E-state index contributed by atoms with van der Waals surface area (Å²) in [6.45, 7) is 10.1. The SMILES string of the molecule is CC.CC.CCC1C=CC(=O)C1. The summed E-state index contributed by atoms with van der Waals surface area (Å²) >= 11 is 0. The van der Waals surface area contributed by atoms with Gasteiger partial charge in [0.2, 0.25) is 0 Å². The zero-order valence-corrected chi connectivity index (χ0v) is 9.05. The van der Waals surface area contributed by atoms with E-state index in [2.05, 4.69) is 6.92 Å². The number of rotatable bonds is 1. The van der Waals surface area contributed by atoms with Crippen molar-refractivity contribution in [2.75, 3.05) is 0 Å². The molecule has 0 saturated heterocycles. The molecule has 0 amide bonds. The molecule has 0 spiro atoms. The van der Waals surface area contributed by atoms with Crippen LogP contribution in [0.5, 0.6) is 0 Å². The Kier molecular flexibility index (Phi) is 12.1. The summed E-state index contributed by atoms with van der Waals surface area (Å²) in [6.07, 6.45) is 5.54. The highest BCUT2D eigenvalue weighted by Gasteiger charge is 2.12. The van der Waals surface area contributed by atoms with E-state index in [1.165, 1.54) is 0 Å². The molecule has 0 N–H and O–H groups in total. The minimum absolute atomic E-state index is 0.289. The maximum atomic E-state index is 10.5. The monoisotopic (exact) mass is 170 g/mol. The van der Waals surface area contributed by atoms with Gasteiger partial charge < -0.3 is 0 Å². The molecule has 1 aliphatic carbocycles. The number of hydrogen-bond acceptors (Lipinski definition) is 1. The maximum Gasteiger partial charge on any atom is 0.155 e. The highest BCUT2D eigenvalue weighted by molar-refractivity contribution is 5.92. The van der Waals surface area contributed by atoms with Crippen molar-refractivity contribution in [1.29, 1.82) is 0 Å². The van der Waals surface area contributed by atoms with Crippen LogP contribution < -0.4 is 0 Å². The summed E-state index contributed by atoms with van der Waals surface area (Å²) in [5, 5.41) is 0. The summed E-state index contributed by atoms with van der Waals surface area (Å²) in [5.74, 6) is 0.833. The van der Waals surface area contributed by atoms with Crippen molar-refractivity contribution in [2.45, 2.75) is 47.5 Å². The molecular formula is C11H22O. The standard InChI is InChI=1S/C7H10O.2C2H6/c1-2-6-3-4-7(8)5-6;2*1-2/h3-4,6H,2,5H2,1H3;2*1-2H3. The largest absolute Gasteiger partial charge is 0.295 e. The molecule has 1 heteroatoms. The number of hydrogen-bond donors (Lipinski definition) is 0. The van der Waals surface area contributed by atoms with Crippen LogP contribution in [0.3, 0.4) is 0 Å². The first-order valence-corrected chi connectivity index (χ1v) is 5.04. The third kappa shape index (κ3) is 6.14. The highest BCUT2D eigenvalue weighted by atomic mass is 16.1. The van der Waals surface area contributed by atoms with Gasteiger partial charge in [-0.2, -0.15) is 0 Å². The third-order valence-electron chi connectivity index (χ3n) is 1.54. The average Bonchev–Trinajstić information content (AvgIpc) is 2.58. The van der Waals surface area contributed by atoms with E-state index in [1.54, 1.807) is 6.08 Å². The zero-order chi connectivity index (χ0) is 9.98. The first-order chi connectivity index (χ1) is 5.83. The molecule has 0 heterocycles.